The molecule has 1 heterocycles. The summed E-state index contributed by atoms with van der Waals surface area (Å²) >= 11 is 0. The second-order valence-electron chi connectivity index (χ2n) is 5.60. The van der Waals surface area contributed by atoms with Crippen molar-refractivity contribution in [3.05, 3.63) is 59.8 Å². The lowest BCUT2D eigenvalue weighted by Crippen LogP contribution is -2.37. The Morgan fingerprint density at radius 3 is 2.46 bits per heavy atom. The highest BCUT2D eigenvalue weighted by Crippen LogP contribution is 2.13. The molecular weight excluding hydrogens is 304 g/mol. The standard InChI is InChI=1S/C18H22N4O2/c1-22(2)18-15(9-6-10-19-18)12-20-17(24)13-21-16(23)11-14-7-4-3-5-8-14/h3-10H,11-13H2,1-2H3,(H,20,24)(H,21,23). The first-order valence-corrected chi connectivity index (χ1v) is 7.75. The van der Waals surface area contributed by atoms with Gasteiger partial charge in [0.15, 0.2) is 0 Å². The van der Waals surface area contributed by atoms with Crippen molar-refractivity contribution < 1.29 is 9.59 Å². The van der Waals surface area contributed by atoms with Crippen LogP contribution in [0.1, 0.15) is 11.1 Å². The average molecular weight is 326 g/mol. The van der Waals surface area contributed by atoms with Crippen LogP contribution in [0.5, 0.6) is 0 Å². The van der Waals surface area contributed by atoms with Gasteiger partial charge in [-0.1, -0.05) is 36.4 Å². The summed E-state index contributed by atoms with van der Waals surface area (Å²) in [5.41, 5.74) is 1.84. The van der Waals surface area contributed by atoms with Gasteiger partial charge in [-0.25, -0.2) is 4.98 Å². The largest absolute Gasteiger partial charge is 0.362 e. The minimum Gasteiger partial charge on any atom is -0.362 e. The summed E-state index contributed by atoms with van der Waals surface area (Å²) in [7, 11) is 3.80. The highest BCUT2D eigenvalue weighted by molar-refractivity contribution is 5.85. The number of carbonyl (C=O) groups excluding carboxylic acids is 2. The van der Waals surface area contributed by atoms with Crippen LogP contribution < -0.4 is 15.5 Å². The molecule has 6 nitrogen and oxygen atoms in total. The lowest BCUT2D eigenvalue weighted by molar-refractivity contribution is -0.125. The van der Waals surface area contributed by atoms with Gasteiger partial charge in [-0.15, -0.1) is 0 Å². The van der Waals surface area contributed by atoms with Gasteiger partial charge >= 0.3 is 0 Å². The van der Waals surface area contributed by atoms with Crippen molar-refractivity contribution in [2.24, 2.45) is 0 Å². The molecule has 0 unspecified atom stereocenters. The van der Waals surface area contributed by atoms with Gasteiger partial charge in [-0.3, -0.25) is 9.59 Å². The number of hydrogen-bond donors (Lipinski definition) is 2. The maximum atomic E-state index is 11.9. The number of amides is 2. The number of carbonyl (C=O) groups is 2. The van der Waals surface area contributed by atoms with E-state index in [4.69, 9.17) is 0 Å². The van der Waals surface area contributed by atoms with Crippen LogP contribution in [-0.2, 0) is 22.6 Å². The number of rotatable bonds is 7. The van der Waals surface area contributed by atoms with Crippen molar-refractivity contribution >= 4 is 17.6 Å². The fourth-order valence-electron chi connectivity index (χ4n) is 2.25. The SMILES string of the molecule is CN(C)c1ncccc1CNC(=O)CNC(=O)Cc1ccccc1. The molecule has 2 amide bonds. The maximum Gasteiger partial charge on any atom is 0.239 e. The van der Waals surface area contributed by atoms with E-state index in [2.05, 4.69) is 15.6 Å². The Bertz CT molecular complexity index is 686. The Kier molecular flexibility index (Phi) is 6.31. The molecule has 0 saturated heterocycles. The maximum absolute atomic E-state index is 11.9. The second kappa shape index (κ2) is 8.67. The zero-order valence-corrected chi connectivity index (χ0v) is 14.0. The summed E-state index contributed by atoms with van der Waals surface area (Å²) in [6.07, 6.45) is 1.98. The number of anilines is 1. The average Bonchev–Trinajstić information content (AvgIpc) is 2.59. The summed E-state index contributed by atoms with van der Waals surface area (Å²) < 4.78 is 0. The summed E-state index contributed by atoms with van der Waals surface area (Å²) in [6.45, 7) is 0.331. The van der Waals surface area contributed by atoms with Gasteiger partial charge in [-0.2, -0.15) is 0 Å². The molecule has 1 aromatic carbocycles. The smallest absolute Gasteiger partial charge is 0.239 e. The molecule has 24 heavy (non-hydrogen) atoms. The van der Waals surface area contributed by atoms with E-state index in [0.717, 1.165) is 16.9 Å². The van der Waals surface area contributed by atoms with Gasteiger partial charge in [0, 0.05) is 32.4 Å². The van der Waals surface area contributed by atoms with Gasteiger partial charge in [0.05, 0.1) is 13.0 Å². The van der Waals surface area contributed by atoms with Crippen molar-refractivity contribution in [2.75, 3.05) is 25.5 Å². The molecule has 0 atom stereocenters. The fourth-order valence-corrected chi connectivity index (χ4v) is 2.25. The van der Waals surface area contributed by atoms with E-state index in [0.29, 0.717) is 6.54 Å². The zero-order chi connectivity index (χ0) is 17.4. The van der Waals surface area contributed by atoms with Crippen molar-refractivity contribution in [1.82, 2.24) is 15.6 Å². The van der Waals surface area contributed by atoms with E-state index in [1.807, 2.05) is 61.5 Å². The third-order valence-corrected chi connectivity index (χ3v) is 3.42. The quantitative estimate of drug-likeness (QED) is 0.800. The van der Waals surface area contributed by atoms with E-state index in [1.54, 1.807) is 6.20 Å². The molecule has 0 radical (unpaired) electrons. The third kappa shape index (κ3) is 5.39. The minimum absolute atomic E-state index is 0.0385. The van der Waals surface area contributed by atoms with Gasteiger partial charge in [0.1, 0.15) is 5.82 Å². The van der Waals surface area contributed by atoms with E-state index in [-0.39, 0.29) is 24.8 Å². The fraction of sp³-hybridized carbons (Fsp3) is 0.278. The minimum atomic E-state index is -0.232. The van der Waals surface area contributed by atoms with Crippen LogP contribution in [0.3, 0.4) is 0 Å². The van der Waals surface area contributed by atoms with E-state index in [9.17, 15) is 9.59 Å². The van der Waals surface area contributed by atoms with Crippen LogP contribution in [0.15, 0.2) is 48.7 Å². The van der Waals surface area contributed by atoms with Crippen molar-refractivity contribution in [1.29, 1.82) is 0 Å². The number of hydrogen-bond acceptors (Lipinski definition) is 4. The first-order chi connectivity index (χ1) is 11.6. The van der Waals surface area contributed by atoms with Crippen LogP contribution >= 0.6 is 0 Å². The second-order valence-corrected chi connectivity index (χ2v) is 5.60. The first-order valence-electron chi connectivity index (χ1n) is 7.75. The highest BCUT2D eigenvalue weighted by atomic mass is 16.2. The molecule has 2 aromatic rings. The van der Waals surface area contributed by atoms with Crippen LogP contribution in [0, 0.1) is 0 Å². The molecule has 2 N–H and O–H groups in total. The van der Waals surface area contributed by atoms with E-state index >= 15 is 0 Å². The molecule has 0 spiro atoms. The van der Waals surface area contributed by atoms with Crippen molar-refractivity contribution in [3.8, 4) is 0 Å². The number of nitrogens with zero attached hydrogens (tertiary/aromatic N) is 2. The molecule has 0 aliphatic carbocycles. The zero-order valence-electron chi connectivity index (χ0n) is 14.0. The molecule has 0 fully saturated rings. The Morgan fingerprint density at radius 1 is 1.00 bits per heavy atom. The molecule has 0 saturated carbocycles. The molecule has 6 heteroatoms. The van der Waals surface area contributed by atoms with E-state index in [1.165, 1.54) is 0 Å². The molecule has 126 valence electrons. The summed E-state index contributed by atoms with van der Waals surface area (Å²) in [5, 5.41) is 5.42. The first kappa shape index (κ1) is 17.5. The Labute approximate surface area is 141 Å². The molecular formula is C18H22N4O2. The highest BCUT2D eigenvalue weighted by Gasteiger charge is 2.09. The monoisotopic (exact) mass is 326 g/mol. The molecule has 0 aliphatic rings. The predicted molar refractivity (Wildman–Crippen MR) is 93.6 cm³/mol. The predicted octanol–water partition coefficient (Wildman–Crippen LogP) is 1.12. The lowest BCUT2D eigenvalue weighted by atomic mass is 10.1. The number of nitrogens with one attached hydrogen (secondary N) is 2. The van der Waals surface area contributed by atoms with Crippen molar-refractivity contribution in [2.45, 2.75) is 13.0 Å². The summed E-state index contributed by atoms with van der Waals surface area (Å²) in [5.74, 6) is 0.405. The molecule has 2 rings (SSSR count). The third-order valence-electron chi connectivity index (χ3n) is 3.42. The van der Waals surface area contributed by atoms with E-state index < -0.39 is 0 Å². The Balaban J connectivity index is 1.77. The lowest BCUT2D eigenvalue weighted by Gasteiger charge is -2.16. The molecule has 1 aromatic heterocycles. The van der Waals surface area contributed by atoms with Crippen LogP contribution in [0.4, 0.5) is 5.82 Å². The Hall–Kier alpha value is -2.89. The number of aromatic nitrogens is 1. The van der Waals surface area contributed by atoms with Gasteiger partial charge < -0.3 is 15.5 Å². The normalized spacial score (nSPS) is 10.1. The number of pyridine rings is 1. The van der Waals surface area contributed by atoms with Gasteiger partial charge in [0.25, 0.3) is 0 Å². The molecule has 0 bridgehead atoms. The summed E-state index contributed by atoms with van der Waals surface area (Å²) in [4.78, 5) is 29.9. The van der Waals surface area contributed by atoms with Crippen molar-refractivity contribution in [3.63, 3.8) is 0 Å². The van der Waals surface area contributed by atoms with Crippen LogP contribution in [0.2, 0.25) is 0 Å². The number of benzene rings is 1. The Morgan fingerprint density at radius 2 is 1.75 bits per heavy atom. The van der Waals surface area contributed by atoms with Crippen LogP contribution in [0.25, 0.3) is 0 Å². The van der Waals surface area contributed by atoms with Gasteiger partial charge in [0.2, 0.25) is 11.8 Å². The summed E-state index contributed by atoms with van der Waals surface area (Å²) in [6, 6.07) is 13.2. The topological polar surface area (TPSA) is 74.3 Å². The van der Waals surface area contributed by atoms with Gasteiger partial charge in [-0.05, 0) is 11.6 Å². The van der Waals surface area contributed by atoms with Crippen LogP contribution in [-0.4, -0.2) is 37.4 Å². The molecule has 0 aliphatic heterocycles.